The second-order valence-corrected chi connectivity index (χ2v) is 3.73. The number of carboxylic acids is 1. The molecule has 0 heterocycles. The topological polar surface area (TPSA) is 70.3 Å². The van der Waals surface area contributed by atoms with Crippen LogP contribution in [0.1, 0.15) is 19.4 Å². The van der Waals surface area contributed by atoms with Crippen molar-refractivity contribution in [2.45, 2.75) is 20.0 Å². The van der Waals surface area contributed by atoms with Crippen LogP contribution >= 0.6 is 0 Å². The third-order valence-corrected chi connectivity index (χ3v) is 2.11. The van der Waals surface area contributed by atoms with Crippen LogP contribution in [0.4, 0.5) is 0 Å². The van der Waals surface area contributed by atoms with Gasteiger partial charge in [-0.1, -0.05) is 26.0 Å². The van der Waals surface area contributed by atoms with E-state index in [0.717, 1.165) is 0 Å². The van der Waals surface area contributed by atoms with Gasteiger partial charge in [-0.25, -0.2) is 4.79 Å². The highest BCUT2D eigenvalue weighted by atomic mass is 16.5. The molecule has 0 aliphatic carbocycles. The van der Waals surface area contributed by atoms with Crippen molar-refractivity contribution in [1.82, 2.24) is 0 Å². The summed E-state index contributed by atoms with van der Waals surface area (Å²) in [6.45, 7) is 3.52. The van der Waals surface area contributed by atoms with Gasteiger partial charge in [-0.15, -0.1) is 0 Å². The van der Waals surface area contributed by atoms with Gasteiger partial charge in [-0.2, -0.15) is 5.26 Å². The average molecular weight is 219 g/mol. The van der Waals surface area contributed by atoms with E-state index in [2.05, 4.69) is 0 Å². The third kappa shape index (κ3) is 2.74. The minimum atomic E-state index is -1.03. The molecule has 0 fully saturated rings. The van der Waals surface area contributed by atoms with Crippen molar-refractivity contribution >= 4 is 5.97 Å². The zero-order chi connectivity index (χ0) is 12.1. The standard InChI is InChI=1S/C12H13NO3/c1-8(2)11(12(14)15)16-10-6-4-3-5-9(10)7-13/h3-6,8,11H,1-2H3,(H,14,15)/t11-/m0/s1. The number of carbonyl (C=O) groups is 1. The van der Waals surface area contributed by atoms with Crippen LogP contribution in [-0.2, 0) is 4.79 Å². The largest absolute Gasteiger partial charge is 0.478 e. The number of hydrogen-bond acceptors (Lipinski definition) is 3. The number of rotatable bonds is 4. The van der Waals surface area contributed by atoms with Crippen molar-refractivity contribution in [2.24, 2.45) is 5.92 Å². The summed E-state index contributed by atoms with van der Waals surface area (Å²) in [4.78, 5) is 10.9. The summed E-state index contributed by atoms with van der Waals surface area (Å²) in [5, 5.41) is 17.8. The third-order valence-electron chi connectivity index (χ3n) is 2.11. The Balaban J connectivity index is 2.94. The average Bonchev–Trinajstić information content (AvgIpc) is 2.25. The van der Waals surface area contributed by atoms with Crippen LogP contribution < -0.4 is 4.74 Å². The number of para-hydroxylation sites is 1. The van der Waals surface area contributed by atoms with Crippen LogP contribution in [0.2, 0.25) is 0 Å². The maximum Gasteiger partial charge on any atom is 0.345 e. The summed E-state index contributed by atoms with van der Waals surface area (Å²) in [5.74, 6) is -0.877. The molecule has 1 atom stereocenters. The van der Waals surface area contributed by atoms with E-state index in [1.165, 1.54) is 0 Å². The lowest BCUT2D eigenvalue weighted by Crippen LogP contribution is -2.32. The first-order valence-corrected chi connectivity index (χ1v) is 4.95. The van der Waals surface area contributed by atoms with Gasteiger partial charge in [0.25, 0.3) is 0 Å². The van der Waals surface area contributed by atoms with Gasteiger partial charge in [-0.05, 0) is 12.1 Å². The predicted molar refractivity (Wildman–Crippen MR) is 58.0 cm³/mol. The Morgan fingerprint density at radius 3 is 2.56 bits per heavy atom. The number of nitriles is 1. The summed E-state index contributed by atoms with van der Waals surface area (Å²) >= 11 is 0. The number of aliphatic carboxylic acids is 1. The fourth-order valence-corrected chi connectivity index (χ4v) is 1.27. The van der Waals surface area contributed by atoms with Crippen molar-refractivity contribution in [2.75, 3.05) is 0 Å². The van der Waals surface area contributed by atoms with Crippen LogP contribution in [-0.4, -0.2) is 17.2 Å². The fourth-order valence-electron chi connectivity index (χ4n) is 1.27. The highest BCUT2D eigenvalue weighted by molar-refractivity contribution is 5.73. The van der Waals surface area contributed by atoms with E-state index < -0.39 is 12.1 Å². The van der Waals surface area contributed by atoms with E-state index in [0.29, 0.717) is 11.3 Å². The summed E-state index contributed by atoms with van der Waals surface area (Å²) in [6.07, 6.45) is -0.936. The van der Waals surface area contributed by atoms with E-state index in [1.807, 2.05) is 6.07 Å². The lowest BCUT2D eigenvalue weighted by molar-refractivity contribution is -0.147. The lowest BCUT2D eigenvalue weighted by Gasteiger charge is -2.18. The Hall–Kier alpha value is -2.02. The Morgan fingerprint density at radius 2 is 2.06 bits per heavy atom. The molecule has 1 aromatic carbocycles. The molecule has 0 aliphatic rings. The predicted octanol–water partition coefficient (Wildman–Crippen LogP) is 2.05. The number of benzene rings is 1. The van der Waals surface area contributed by atoms with Crippen LogP contribution in [0.5, 0.6) is 5.75 Å². The molecule has 0 aromatic heterocycles. The van der Waals surface area contributed by atoms with E-state index >= 15 is 0 Å². The Morgan fingerprint density at radius 1 is 1.44 bits per heavy atom. The smallest absolute Gasteiger partial charge is 0.345 e. The fraction of sp³-hybridized carbons (Fsp3) is 0.333. The van der Waals surface area contributed by atoms with E-state index in [4.69, 9.17) is 15.1 Å². The molecule has 0 saturated heterocycles. The molecule has 0 radical (unpaired) electrons. The first-order chi connectivity index (χ1) is 7.56. The summed E-state index contributed by atoms with van der Waals surface area (Å²) < 4.78 is 5.34. The molecule has 4 heteroatoms. The Kier molecular flexibility index (Phi) is 3.90. The van der Waals surface area contributed by atoms with Gasteiger partial charge in [0.15, 0.2) is 6.10 Å². The first kappa shape index (κ1) is 12.1. The minimum absolute atomic E-state index is 0.163. The van der Waals surface area contributed by atoms with Gasteiger partial charge in [0.2, 0.25) is 0 Å². The maximum absolute atomic E-state index is 10.9. The highest BCUT2D eigenvalue weighted by Gasteiger charge is 2.24. The van der Waals surface area contributed by atoms with E-state index in [-0.39, 0.29) is 5.92 Å². The molecule has 1 aromatic rings. The second-order valence-electron chi connectivity index (χ2n) is 3.73. The SMILES string of the molecule is CC(C)[C@H](Oc1ccccc1C#N)C(=O)O. The molecule has 0 bridgehead atoms. The maximum atomic E-state index is 10.9. The van der Waals surface area contributed by atoms with Gasteiger partial charge in [0.1, 0.15) is 11.8 Å². The Bertz CT molecular complexity index is 421. The molecule has 0 saturated carbocycles. The first-order valence-electron chi connectivity index (χ1n) is 4.95. The van der Waals surface area contributed by atoms with Crippen molar-refractivity contribution in [3.63, 3.8) is 0 Å². The van der Waals surface area contributed by atoms with Gasteiger partial charge in [0.05, 0.1) is 5.56 Å². The van der Waals surface area contributed by atoms with Crippen molar-refractivity contribution < 1.29 is 14.6 Å². The molecule has 1 rings (SSSR count). The highest BCUT2D eigenvalue weighted by Crippen LogP contribution is 2.20. The molecular weight excluding hydrogens is 206 g/mol. The summed E-state index contributed by atoms with van der Waals surface area (Å²) in [5.41, 5.74) is 0.342. The monoisotopic (exact) mass is 219 g/mol. The molecule has 0 spiro atoms. The quantitative estimate of drug-likeness (QED) is 0.841. The van der Waals surface area contributed by atoms with Gasteiger partial charge >= 0.3 is 5.97 Å². The molecule has 0 aliphatic heterocycles. The summed E-state index contributed by atoms with van der Waals surface area (Å²) in [6, 6.07) is 8.56. The molecule has 0 amide bonds. The van der Waals surface area contributed by atoms with E-state index in [9.17, 15) is 4.79 Å². The zero-order valence-electron chi connectivity index (χ0n) is 9.18. The number of ether oxygens (including phenoxy) is 1. The molecule has 0 unspecified atom stereocenters. The number of carboxylic acid groups (broad SMARTS) is 1. The van der Waals surface area contributed by atoms with Gasteiger partial charge < -0.3 is 9.84 Å². The molecular formula is C12H13NO3. The molecule has 16 heavy (non-hydrogen) atoms. The van der Waals surface area contributed by atoms with Crippen LogP contribution in [0.15, 0.2) is 24.3 Å². The molecule has 1 N–H and O–H groups in total. The van der Waals surface area contributed by atoms with Crippen LogP contribution in [0, 0.1) is 17.2 Å². The van der Waals surface area contributed by atoms with E-state index in [1.54, 1.807) is 38.1 Å². The van der Waals surface area contributed by atoms with Crippen molar-refractivity contribution in [3.8, 4) is 11.8 Å². The zero-order valence-corrected chi connectivity index (χ0v) is 9.18. The van der Waals surface area contributed by atoms with Crippen LogP contribution in [0.3, 0.4) is 0 Å². The van der Waals surface area contributed by atoms with Gasteiger partial charge in [-0.3, -0.25) is 0 Å². The number of hydrogen-bond donors (Lipinski definition) is 1. The number of nitrogens with zero attached hydrogens (tertiary/aromatic N) is 1. The summed E-state index contributed by atoms with van der Waals surface area (Å²) in [7, 11) is 0. The van der Waals surface area contributed by atoms with Crippen molar-refractivity contribution in [3.05, 3.63) is 29.8 Å². The second kappa shape index (κ2) is 5.17. The molecule has 4 nitrogen and oxygen atoms in total. The van der Waals surface area contributed by atoms with Crippen LogP contribution in [0.25, 0.3) is 0 Å². The van der Waals surface area contributed by atoms with Crippen molar-refractivity contribution in [1.29, 1.82) is 5.26 Å². The minimum Gasteiger partial charge on any atom is -0.478 e. The molecule has 84 valence electrons. The van der Waals surface area contributed by atoms with Gasteiger partial charge in [0, 0.05) is 5.92 Å². The lowest BCUT2D eigenvalue weighted by atomic mass is 10.1. The normalized spacial score (nSPS) is 11.9. The Labute approximate surface area is 94.1 Å².